The largest absolute Gasteiger partial charge is 0.338 e. The van der Waals surface area contributed by atoms with E-state index in [0.717, 1.165) is 25.7 Å². The summed E-state index contributed by atoms with van der Waals surface area (Å²) in [4.78, 5) is 2.70. The first-order chi connectivity index (χ1) is 25.6. The van der Waals surface area contributed by atoms with Crippen molar-refractivity contribution in [3.8, 4) is 11.1 Å². The van der Waals surface area contributed by atoms with Gasteiger partial charge in [-0.15, -0.1) is 0 Å². The van der Waals surface area contributed by atoms with Gasteiger partial charge in [0.2, 0.25) is 0 Å². The Balaban J connectivity index is 1.16. The molecular formula is C51H45N. The van der Waals surface area contributed by atoms with Gasteiger partial charge in [-0.1, -0.05) is 153 Å². The number of hydrogen-bond acceptors (Lipinski definition) is 1. The third-order valence-electron chi connectivity index (χ3n) is 12.7. The average molecular weight is 672 g/mol. The summed E-state index contributed by atoms with van der Waals surface area (Å²) in [5, 5.41) is 0. The molecule has 1 spiro atoms. The van der Waals surface area contributed by atoms with E-state index in [9.17, 15) is 0 Å². The minimum atomic E-state index is -0.313. The van der Waals surface area contributed by atoms with Gasteiger partial charge < -0.3 is 4.90 Å². The molecule has 0 fully saturated rings. The molecule has 0 heterocycles. The molecule has 0 amide bonds. The highest BCUT2D eigenvalue weighted by atomic mass is 15.2. The molecule has 5 unspecified atom stereocenters. The lowest BCUT2D eigenvalue weighted by Gasteiger charge is -2.42. The standard InChI is InChI=1S/C51H45N/c1-34-32-50(35(2)31-45(34)38-17-7-4-8-18-38)52(39-27-25-37(26-28-39)36-15-5-3-6-16-36)40-29-30-44-43-21-11-14-24-48(43)51(49(44)33-40)46-22-12-9-19-41(46)42-20-10-13-23-47(42)51/h3-9,11-15,17-19,21-31,33-36,50H,10,16,20,32H2,1-2H3. The van der Waals surface area contributed by atoms with Crippen LogP contribution in [0.25, 0.3) is 22.3 Å². The maximum absolute atomic E-state index is 2.70. The lowest BCUT2D eigenvalue weighted by molar-refractivity contribution is 0.432. The van der Waals surface area contributed by atoms with Crippen LogP contribution in [-0.2, 0) is 5.41 Å². The first-order valence-electron chi connectivity index (χ1n) is 19.4. The molecule has 0 aromatic heterocycles. The third-order valence-corrected chi connectivity index (χ3v) is 12.7. The summed E-state index contributed by atoms with van der Waals surface area (Å²) >= 11 is 0. The van der Waals surface area contributed by atoms with Crippen molar-refractivity contribution in [2.75, 3.05) is 4.90 Å². The average Bonchev–Trinajstić information content (AvgIpc) is 3.67. The van der Waals surface area contributed by atoms with Crippen molar-refractivity contribution in [1.29, 1.82) is 0 Å². The Morgan fingerprint density at radius 3 is 2.15 bits per heavy atom. The SMILES string of the molecule is CC1CC(N(c2ccc(C3C=CC=CC3)cc2)c2ccc3c(c2)C2(C4=C(CCC=C4)c4ccccc42)c2ccccc2-3)C(C)C=C1c1ccccc1. The van der Waals surface area contributed by atoms with Crippen molar-refractivity contribution < 1.29 is 0 Å². The van der Waals surface area contributed by atoms with Crippen LogP contribution in [0, 0.1) is 11.8 Å². The van der Waals surface area contributed by atoms with Gasteiger partial charge in [-0.25, -0.2) is 0 Å². The molecule has 254 valence electrons. The normalized spacial score (nSPS) is 25.1. The highest BCUT2D eigenvalue weighted by molar-refractivity contribution is 5.96. The van der Waals surface area contributed by atoms with E-state index in [-0.39, 0.29) is 5.41 Å². The zero-order valence-electron chi connectivity index (χ0n) is 30.2. The first-order valence-corrected chi connectivity index (χ1v) is 19.4. The maximum atomic E-state index is 2.70. The van der Waals surface area contributed by atoms with Gasteiger partial charge in [0, 0.05) is 23.3 Å². The van der Waals surface area contributed by atoms with Crippen molar-refractivity contribution in [2.24, 2.45) is 11.8 Å². The number of fused-ring (bicyclic) bond motifs is 9. The molecule has 0 saturated carbocycles. The van der Waals surface area contributed by atoms with Gasteiger partial charge in [-0.3, -0.25) is 0 Å². The zero-order chi connectivity index (χ0) is 34.8. The minimum absolute atomic E-state index is 0.309. The third kappa shape index (κ3) is 4.68. The molecule has 5 aliphatic carbocycles. The summed E-state index contributed by atoms with van der Waals surface area (Å²) in [6.07, 6.45) is 20.8. The van der Waals surface area contributed by atoms with Crippen molar-refractivity contribution >= 4 is 22.5 Å². The number of allylic oxidation sites excluding steroid dienone is 9. The quantitative estimate of drug-likeness (QED) is 0.180. The van der Waals surface area contributed by atoms with E-state index in [2.05, 4.69) is 183 Å². The molecule has 5 aliphatic rings. The van der Waals surface area contributed by atoms with Crippen LogP contribution in [-0.4, -0.2) is 6.04 Å². The highest BCUT2D eigenvalue weighted by Crippen LogP contribution is 2.63. The number of nitrogens with zero attached hydrogens (tertiary/aromatic N) is 1. The van der Waals surface area contributed by atoms with Crippen molar-refractivity contribution in [3.05, 3.63) is 203 Å². The fourth-order valence-electron chi connectivity index (χ4n) is 10.4. The molecule has 0 radical (unpaired) electrons. The molecule has 5 aromatic carbocycles. The van der Waals surface area contributed by atoms with Crippen LogP contribution in [0.15, 0.2) is 169 Å². The summed E-state index contributed by atoms with van der Waals surface area (Å²) < 4.78 is 0. The van der Waals surface area contributed by atoms with Gasteiger partial charge in [0.05, 0.1) is 5.41 Å². The fourth-order valence-corrected chi connectivity index (χ4v) is 10.4. The van der Waals surface area contributed by atoms with Gasteiger partial charge >= 0.3 is 0 Å². The van der Waals surface area contributed by atoms with Crippen molar-refractivity contribution in [2.45, 2.75) is 56.9 Å². The predicted octanol–water partition coefficient (Wildman–Crippen LogP) is 13.0. The first kappa shape index (κ1) is 31.3. The number of hydrogen-bond donors (Lipinski definition) is 0. The van der Waals surface area contributed by atoms with Gasteiger partial charge in [-0.05, 0) is 123 Å². The number of anilines is 2. The molecule has 0 bridgehead atoms. The van der Waals surface area contributed by atoms with Crippen LogP contribution in [0.3, 0.4) is 0 Å². The maximum Gasteiger partial charge on any atom is 0.0722 e. The van der Waals surface area contributed by atoms with Crippen LogP contribution < -0.4 is 4.90 Å². The molecule has 1 nitrogen and oxygen atoms in total. The Kier molecular flexibility index (Phi) is 7.46. The van der Waals surface area contributed by atoms with Gasteiger partial charge in [0.15, 0.2) is 0 Å². The fraction of sp³-hybridized carbons (Fsp3) is 0.216. The Labute approximate surface area is 309 Å². The smallest absolute Gasteiger partial charge is 0.0722 e. The number of benzene rings is 5. The molecule has 52 heavy (non-hydrogen) atoms. The Morgan fingerprint density at radius 1 is 0.654 bits per heavy atom. The topological polar surface area (TPSA) is 3.24 Å². The van der Waals surface area contributed by atoms with E-state index in [0.29, 0.717) is 23.8 Å². The second-order valence-corrected chi connectivity index (χ2v) is 15.6. The van der Waals surface area contributed by atoms with E-state index >= 15 is 0 Å². The van der Waals surface area contributed by atoms with E-state index in [1.807, 2.05) is 0 Å². The van der Waals surface area contributed by atoms with Gasteiger partial charge in [0.1, 0.15) is 0 Å². The molecule has 0 aliphatic heterocycles. The zero-order valence-corrected chi connectivity index (χ0v) is 30.2. The van der Waals surface area contributed by atoms with Crippen LogP contribution in [0.2, 0.25) is 0 Å². The summed E-state index contributed by atoms with van der Waals surface area (Å²) in [6, 6.07) is 46.8. The lowest BCUT2D eigenvalue weighted by atomic mass is 9.69. The highest BCUT2D eigenvalue weighted by Gasteiger charge is 2.52. The number of rotatable bonds is 5. The predicted molar refractivity (Wildman–Crippen MR) is 219 cm³/mol. The molecule has 10 rings (SSSR count). The monoisotopic (exact) mass is 671 g/mol. The molecule has 5 atom stereocenters. The summed E-state index contributed by atoms with van der Waals surface area (Å²) in [7, 11) is 0. The molecule has 0 N–H and O–H groups in total. The Bertz CT molecular complexity index is 2350. The molecule has 1 heteroatoms. The van der Waals surface area contributed by atoms with Crippen LogP contribution in [0.5, 0.6) is 0 Å². The second-order valence-electron chi connectivity index (χ2n) is 15.6. The van der Waals surface area contributed by atoms with E-state index in [1.165, 1.54) is 72.6 Å². The summed E-state index contributed by atoms with van der Waals surface area (Å²) in [5.74, 6) is 1.24. The molecular weight excluding hydrogens is 627 g/mol. The van der Waals surface area contributed by atoms with E-state index < -0.39 is 0 Å². The molecule has 5 aromatic rings. The Hall–Kier alpha value is -5.40. The van der Waals surface area contributed by atoms with Crippen LogP contribution >= 0.6 is 0 Å². The lowest BCUT2D eigenvalue weighted by Crippen LogP contribution is -2.40. The van der Waals surface area contributed by atoms with Crippen LogP contribution in [0.1, 0.15) is 78.8 Å². The van der Waals surface area contributed by atoms with Crippen molar-refractivity contribution in [1.82, 2.24) is 0 Å². The summed E-state index contributed by atoms with van der Waals surface area (Å²) in [6.45, 7) is 4.86. The Morgan fingerprint density at radius 2 is 1.37 bits per heavy atom. The van der Waals surface area contributed by atoms with Crippen LogP contribution in [0.4, 0.5) is 11.4 Å². The molecule has 0 saturated heterocycles. The van der Waals surface area contributed by atoms with E-state index in [1.54, 1.807) is 0 Å². The van der Waals surface area contributed by atoms with Gasteiger partial charge in [0.25, 0.3) is 0 Å². The second kappa shape index (κ2) is 12.4. The summed E-state index contributed by atoms with van der Waals surface area (Å²) in [5.41, 5.74) is 17.9. The van der Waals surface area contributed by atoms with E-state index in [4.69, 9.17) is 0 Å². The van der Waals surface area contributed by atoms with Gasteiger partial charge in [-0.2, -0.15) is 0 Å². The van der Waals surface area contributed by atoms with Crippen molar-refractivity contribution in [3.63, 3.8) is 0 Å². The minimum Gasteiger partial charge on any atom is -0.338 e.